The Bertz CT molecular complexity index is 309. The quantitative estimate of drug-likeness (QED) is 0.652. The summed E-state index contributed by atoms with van der Waals surface area (Å²) in [6, 6.07) is 0. The molecule has 2 amide bonds. The second kappa shape index (κ2) is 10.0. The minimum Gasteiger partial charge on any atom is -0.393 e. The van der Waals surface area contributed by atoms with Gasteiger partial charge in [0, 0.05) is 19.6 Å². The van der Waals surface area contributed by atoms with E-state index in [2.05, 4.69) is 5.32 Å². The van der Waals surface area contributed by atoms with E-state index in [1.165, 1.54) is 11.8 Å². The molecular weight excluding hydrogens is 280 g/mol. The lowest BCUT2D eigenvalue weighted by atomic mass is 10.2. The van der Waals surface area contributed by atoms with Gasteiger partial charge in [-0.05, 0) is 12.8 Å². The molecule has 1 saturated heterocycles. The molecule has 1 fully saturated rings. The number of nitrogens with zero attached hydrogens (tertiary/aromatic N) is 1. The first-order valence-corrected chi connectivity index (χ1v) is 8.17. The summed E-state index contributed by atoms with van der Waals surface area (Å²) in [4.78, 5) is 25.1. The van der Waals surface area contributed by atoms with Gasteiger partial charge >= 0.3 is 0 Å². The van der Waals surface area contributed by atoms with Crippen molar-refractivity contribution in [1.29, 1.82) is 0 Å². The van der Waals surface area contributed by atoms with Gasteiger partial charge in [0.25, 0.3) is 0 Å². The fourth-order valence-corrected chi connectivity index (χ4v) is 2.52. The molecule has 1 aliphatic heterocycles. The van der Waals surface area contributed by atoms with E-state index in [4.69, 9.17) is 4.74 Å². The number of nitrogens with one attached hydrogen (secondary N) is 1. The molecule has 1 atom stereocenters. The van der Waals surface area contributed by atoms with Crippen LogP contribution in [0, 0.1) is 0 Å². The molecule has 0 radical (unpaired) electrons. The van der Waals surface area contributed by atoms with E-state index >= 15 is 0 Å². The van der Waals surface area contributed by atoms with Gasteiger partial charge in [0.1, 0.15) is 0 Å². The molecule has 0 aromatic carbocycles. The summed E-state index contributed by atoms with van der Waals surface area (Å²) in [5, 5.41) is 12.1. The van der Waals surface area contributed by atoms with Crippen molar-refractivity contribution in [2.75, 3.05) is 44.4 Å². The van der Waals surface area contributed by atoms with Crippen molar-refractivity contribution in [2.24, 2.45) is 0 Å². The third-order valence-corrected chi connectivity index (χ3v) is 4.01. The van der Waals surface area contributed by atoms with Crippen LogP contribution in [0.1, 0.15) is 19.8 Å². The van der Waals surface area contributed by atoms with Gasteiger partial charge in [-0.25, -0.2) is 0 Å². The zero-order valence-corrected chi connectivity index (χ0v) is 12.8. The Hall–Kier alpha value is -0.790. The third-order valence-electron chi connectivity index (χ3n) is 3.09. The molecule has 0 saturated carbocycles. The molecular formula is C13H24N2O4S. The van der Waals surface area contributed by atoms with Crippen LogP contribution in [0.15, 0.2) is 0 Å². The summed E-state index contributed by atoms with van der Waals surface area (Å²) in [5.41, 5.74) is 0. The van der Waals surface area contributed by atoms with E-state index in [1.54, 1.807) is 4.90 Å². The summed E-state index contributed by atoms with van der Waals surface area (Å²) in [5.74, 6) is 0.573. The highest BCUT2D eigenvalue weighted by molar-refractivity contribution is 8.00. The lowest BCUT2D eigenvalue weighted by Gasteiger charge is -2.26. The van der Waals surface area contributed by atoms with Gasteiger partial charge in [-0.2, -0.15) is 0 Å². The highest BCUT2D eigenvalue weighted by Gasteiger charge is 2.16. The van der Waals surface area contributed by atoms with E-state index < -0.39 is 0 Å². The number of hydrogen-bond acceptors (Lipinski definition) is 5. The standard InChI is InChI=1S/C13H24N2O4S/c1-2-11(16)3-4-14-12(17)9-20-10-13(18)15-5-7-19-8-6-15/h11,16H,2-10H2,1H3,(H,14,17). The molecule has 6 nitrogen and oxygen atoms in total. The number of hydrogen-bond donors (Lipinski definition) is 2. The van der Waals surface area contributed by atoms with Gasteiger partial charge in [0.2, 0.25) is 11.8 Å². The largest absolute Gasteiger partial charge is 0.393 e. The van der Waals surface area contributed by atoms with Crippen LogP contribution in [0.2, 0.25) is 0 Å². The summed E-state index contributed by atoms with van der Waals surface area (Å²) in [7, 11) is 0. The van der Waals surface area contributed by atoms with Crippen molar-refractivity contribution in [3.8, 4) is 0 Å². The van der Waals surface area contributed by atoms with Crippen LogP contribution < -0.4 is 5.32 Å². The van der Waals surface area contributed by atoms with Crippen LogP contribution in [-0.4, -0.2) is 72.3 Å². The van der Waals surface area contributed by atoms with Crippen LogP contribution in [0.3, 0.4) is 0 Å². The van der Waals surface area contributed by atoms with Gasteiger partial charge in [0.05, 0.1) is 30.8 Å². The molecule has 116 valence electrons. The van der Waals surface area contributed by atoms with Crippen LogP contribution in [0.5, 0.6) is 0 Å². The number of ether oxygens (including phenoxy) is 1. The number of rotatable bonds is 8. The van der Waals surface area contributed by atoms with Crippen molar-refractivity contribution in [3.63, 3.8) is 0 Å². The van der Waals surface area contributed by atoms with Gasteiger partial charge in [0.15, 0.2) is 0 Å². The average molecular weight is 304 g/mol. The van der Waals surface area contributed by atoms with E-state index in [0.29, 0.717) is 51.4 Å². The number of aliphatic hydroxyl groups excluding tert-OH is 1. The predicted molar refractivity (Wildman–Crippen MR) is 78.6 cm³/mol. The third kappa shape index (κ3) is 7.12. The monoisotopic (exact) mass is 304 g/mol. The first kappa shape index (κ1) is 17.3. The van der Waals surface area contributed by atoms with E-state index in [1.807, 2.05) is 6.92 Å². The van der Waals surface area contributed by atoms with Gasteiger partial charge in [-0.3, -0.25) is 9.59 Å². The van der Waals surface area contributed by atoms with Crippen LogP contribution >= 0.6 is 11.8 Å². The molecule has 0 spiro atoms. The van der Waals surface area contributed by atoms with Crippen LogP contribution in [0.25, 0.3) is 0 Å². The second-order valence-corrected chi connectivity index (χ2v) is 5.67. The van der Waals surface area contributed by atoms with Crippen LogP contribution in [0.4, 0.5) is 0 Å². The Balaban J connectivity index is 2.04. The summed E-state index contributed by atoms with van der Waals surface area (Å²) >= 11 is 1.32. The summed E-state index contributed by atoms with van der Waals surface area (Å²) in [6.45, 7) is 4.85. The first-order chi connectivity index (χ1) is 9.63. The molecule has 0 aromatic heterocycles. The molecule has 1 rings (SSSR count). The molecule has 2 N–H and O–H groups in total. The zero-order valence-electron chi connectivity index (χ0n) is 12.0. The molecule has 1 unspecified atom stereocenters. The minimum absolute atomic E-state index is 0.0625. The number of amides is 2. The van der Waals surface area contributed by atoms with Crippen molar-refractivity contribution >= 4 is 23.6 Å². The number of morpholine rings is 1. The Morgan fingerprint density at radius 3 is 2.70 bits per heavy atom. The maximum Gasteiger partial charge on any atom is 0.232 e. The van der Waals surface area contributed by atoms with Gasteiger partial charge in [-0.15, -0.1) is 11.8 Å². The lowest BCUT2D eigenvalue weighted by Crippen LogP contribution is -2.41. The Morgan fingerprint density at radius 2 is 2.05 bits per heavy atom. The highest BCUT2D eigenvalue weighted by atomic mass is 32.2. The smallest absolute Gasteiger partial charge is 0.232 e. The highest BCUT2D eigenvalue weighted by Crippen LogP contribution is 2.05. The maximum atomic E-state index is 11.8. The fourth-order valence-electron chi connectivity index (χ4n) is 1.77. The number of aliphatic hydroxyl groups is 1. The molecule has 1 aliphatic rings. The minimum atomic E-state index is -0.356. The summed E-state index contributed by atoms with van der Waals surface area (Å²) in [6.07, 6.45) is 0.906. The topological polar surface area (TPSA) is 78.9 Å². The van der Waals surface area contributed by atoms with Gasteiger partial charge in [-0.1, -0.05) is 6.92 Å². The van der Waals surface area contributed by atoms with Crippen LogP contribution in [-0.2, 0) is 14.3 Å². The normalized spacial score (nSPS) is 16.8. The predicted octanol–water partition coefficient (Wildman–Crippen LogP) is -0.144. The van der Waals surface area contributed by atoms with Gasteiger partial charge < -0.3 is 20.1 Å². The fraction of sp³-hybridized carbons (Fsp3) is 0.846. The summed E-state index contributed by atoms with van der Waals surface area (Å²) < 4.78 is 5.18. The lowest BCUT2D eigenvalue weighted by molar-refractivity contribution is -0.132. The Morgan fingerprint density at radius 1 is 1.35 bits per heavy atom. The molecule has 0 aromatic rings. The zero-order chi connectivity index (χ0) is 14.8. The molecule has 20 heavy (non-hydrogen) atoms. The number of thioether (sulfide) groups is 1. The van der Waals surface area contributed by atoms with E-state index in [0.717, 1.165) is 0 Å². The average Bonchev–Trinajstić information content (AvgIpc) is 2.47. The number of carbonyl (C=O) groups is 2. The van der Waals surface area contributed by atoms with Crippen molar-refractivity contribution in [1.82, 2.24) is 10.2 Å². The molecule has 0 aliphatic carbocycles. The first-order valence-electron chi connectivity index (χ1n) is 7.01. The van der Waals surface area contributed by atoms with E-state index in [9.17, 15) is 14.7 Å². The van der Waals surface area contributed by atoms with Crippen molar-refractivity contribution in [3.05, 3.63) is 0 Å². The SMILES string of the molecule is CCC(O)CCNC(=O)CSCC(=O)N1CCOCC1. The maximum absolute atomic E-state index is 11.8. The number of carbonyl (C=O) groups excluding carboxylic acids is 2. The van der Waals surface area contributed by atoms with Crippen molar-refractivity contribution in [2.45, 2.75) is 25.9 Å². The molecule has 0 bridgehead atoms. The van der Waals surface area contributed by atoms with Crippen molar-refractivity contribution < 1.29 is 19.4 Å². The van der Waals surface area contributed by atoms with E-state index in [-0.39, 0.29) is 23.7 Å². The second-order valence-electron chi connectivity index (χ2n) is 4.69. The Labute approximate surface area is 124 Å². The Kier molecular flexibility index (Phi) is 8.64. The molecule has 7 heteroatoms. The molecule has 1 heterocycles.